The lowest BCUT2D eigenvalue weighted by atomic mass is 10.00. The van der Waals surface area contributed by atoms with E-state index in [1.807, 2.05) is 0 Å². The summed E-state index contributed by atoms with van der Waals surface area (Å²) in [4.78, 5) is 9.87. The summed E-state index contributed by atoms with van der Waals surface area (Å²) in [6.07, 6.45) is 6.93. The Kier molecular flexibility index (Phi) is 7.65. The standard InChI is InChI=1S/C10H21NO2/c1-3-4-5-6-7-10(2)8-9-11(12)13/h10H,3-9H2,1-2H3. The van der Waals surface area contributed by atoms with Crippen LogP contribution in [-0.2, 0) is 0 Å². The van der Waals surface area contributed by atoms with Crippen molar-refractivity contribution in [2.24, 2.45) is 5.92 Å². The Hall–Kier alpha value is -0.600. The molecule has 3 nitrogen and oxygen atoms in total. The highest BCUT2D eigenvalue weighted by molar-refractivity contribution is 4.53. The number of hydrogen-bond donors (Lipinski definition) is 0. The van der Waals surface area contributed by atoms with Gasteiger partial charge in [-0.15, -0.1) is 0 Å². The van der Waals surface area contributed by atoms with Crippen LogP contribution in [0.25, 0.3) is 0 Å². The molecule has 0 amide bonds. The molecule has 0 aromatic rings. The van der Waals surface area contributed by atoms with E-state index in [1.54, 1.807) is 0 Å². The minimum Gasteiger partial charge on any atom is -0.265 e. The maximum atomic E-state index is 10.1. The number of nitrogens with zero attached hydrogens (tertiary/aromatic N) is 1. The van der Waals surface area contributed by atoms with Gasteiger partial charge >= 0.3 is 0 Å². The summed E-state index contributed by atoms with van der Waals surface area (Å²) in [5.74, 6) is 0.516. The van der Waals surface area contributed by atoms with Crippen LogP contribution in [0.15, 0.2) is 0 Å². The van der Waals surface area contributed by atoms with Gasteiger partial charge in [-0.2, -0.15) is 0 Å². The molecule has 0 N–H and O–H groups in total. The van der Waals surface area contributed by atoms with Crippen molar-refractivity contribution >= 4 is 0 Å². The molecular weight excluding hydrogens is 166 g/mol. The molecule has 0 bridgehead atoms. The van der Waals surface area contributed by atoms with Crippen LogP contribution in [0.5, 0.6) is 0 Å². The zero-order valence-electron chi connectivity index (χ0n) is 8.79. The highest BCUT2D eigenvalue weighted by atomic mass is 16.6. The van der Waals surface area contributed by atoms with Crippen molar-refractivity contribution in [3.05, 3.63) is 10.1 Å². The lowest BCUT2D eigenvalue weighted by molar-refractivity contribution is -0.481. The maximum absolute atomic E-state index is 10.1. The van der Waals surface area contributed by atoms with Gasteiger partial charge in [0.2, 0.25) is 6.54 Å². The summed E-state index contributed by atoms with van der Waals surface area (Å²) < 4.78 is 0. The summed E-state index contributed by atoms with van der Waals surface area (Å²) >= 11 is 0. The van der Waals surface area contributed by atoms with Crippen LogP contribution in [0, 0.1) is 16.0 Å². The van der Waals surface area contributed by atoms with Crippen LogP contribution in [0.4, 0.5) is 0 Å². The summed E-state index contributed by atoms with van der Waals surface area (Å²) in [6.45, 7) is 4.43. The third kappa shape index (κ3) is 9.31. The fourth-order valence-corrected chi connectivity index (χ4v) is 1.39. The first-order chi connectivity index (χ1) is 6.16. The Bertz CT molecular complexity index is 137. The minimum absolute atomic E-state index is 0.134. The fourth-order valence-electron chi connectivity index (χ4n) is 1.39. The second-order valence-electron chi connectivity index (χ2n) is 3.80. The smallest absolute Gasteiger partial charge is 0.204 e. The van der Waals surface area contributed by atoms with E-state index in [0.29, 0.717) is 5.92 Å². The molecule has 0 aromatic heterocycles. The second-order valence-corrected chi connectivity index (χ2v) is 3.80. The van der Waals surface area contributed by atoms with Crippen LogP contribution >= 0.6 is 0 Å². The van der Waals surface area contributed by atoms with Gasteiger partial charge in [0.15, 0.2) is 0 Å². The number of hydrogen-bond acceptors (Lipinski definition) is 2. The summed E-state index contributed by atoms with van der Waals surface area (Å²) in [7, 11) is 0. The van der Waals surface area contributed by atoms with E-state index in [9.17, 15) is 10.1 Å². The predicted octanol–water partition coefficient (Wildman–Crippen LogP) is 3.26. The normalized spacial score (nSPS) is 12.8. The monoisotopic (exact) mass is 187 g/mol. The van der Waals surface area contributed by atoms with Gasteiger partial charge in [0.05, 0.1) is 0 Å². The van der Waals surface area contributed by atoms with Gasteiger partial charge in [-0.1, -0.05) is 46.0 Å². The van der Waals surface area contributed by atoms with E-state index >= 15 is 0 Å². The van der Waals surface area contributed by atoms with Gasteiger partial charge in [-0.25, -0.2) is 0 Å². The first-order valence-corrected chi connectivity index (χ1v) is 5.28. The third-order valence-corrected chi connectivity index (χ3v) is 2.35. The van der Waals surface area contributed by atoms with Crippen LogP contribution in [0.1, 0.15) is 52.4 Å². The molecule has 0 saturated carbocycles. The SMILES string of the molecule is CCCCCCC(C)CC[N+](=O)[O-]. The molecule has 3 heteroatoms. The van der Waals surface area contributed by atoms with Crippen LogP contribution < -0.4 is 0 Å². The Morgan fingerprint density at radius 3 is 2.46 bits per heavy atom. The molecule has 0 radical (unpaired) electrons. The molecule has 0 aromatic carbocycles. The average Bonchev–Trinajstić information content (AvgIpc) is 2.09. The molecule has 78 valence electrons. The van der Waals surface area contributed by atoms with E-state index in [0.717, 1.165) is 12.8 Å². The molecule has 0 aliphatic rings. The van der Waals surface area contributed by atoms with Crippen molar-refractivity contribution in [3.63, 3.8) is 0 Å². The van der Waals surface area contributed by atoms with E-state index in [1.165, 1.54) is 25.7 Å². The Morgan fingerprint density at radius 2 is 1.92 bits per heavy atom. The average molecular weight is 187 g/mol. The maximum Gasteiger partial charge on any atom is 0.204 e. The fraction of sp³-hybridized carbons (Fsp3) is 1.00. The number of nitro groups is 1. The summed E-state index contributed by atoms with van der Waals surface area (Å²) in [6, 6.07) is 0. The van der Waals surface area contributed by atoms with Crippen molar-refractivity contribution in [3.8, 4) is 0 Å². The lowest BCUT2D eigenvalue weighted by Gasteiger charge is -2.07. The zero-order chi connectivity index (χ0) is 10.1. The molecule has 1 unspecified atom stereocenters. The van der Waals surface area contributed by atoms with Crippen LogP contribution in [-0.4, -0.2) is 11.5 Å². The Morgan fingerprint density at radius 1 is 1.23 bits per heavy atom. The zero-order valence-corrected chi connectivity index (χ0v) is 8.79. The highest BCUT2D eigenvalue weighted by Gasteiger charge is 2.05. The third-order valence-electron chi connectivity index (χ3n) is 2.35. The lowest BCUT2D eigenvalue weighted by Crippen LogP contribution is -2.06. The Balaban J connectivity index is 3.19. The highest BCUT2D eigenvalue weighted by Crippen LogP contribution is 2.13. The van der Waals surface area contributed by atoms with Crippen LogP contribution in [0.3, 0.4) is 0 Å². The second kappa shape index (κ2) is 8.02. The first-order valence-electron chi connectivity index (χ1n) is 5.28. The molecular formula is C10H21NO2. The van der Waals surface area contributed by atoms with Crippen molar-refractivity contribution < 1.29 is 4.92 Å². The van der Waals surface area contributed by atoms with Crippen molar-refractivity contribution in [1.82, 2.24) is 0 Å². The van der Waals surface area contributed by atoms with Crippen molar-refractivity contribution in [1.29, 1.82) is 0 Å². The number of rotatable bonds is 8. The minimum atomic E-state index is -0.220. The van der Waals surface area contributed by atoms with E-state index < -0.39 is 0 Å². The molecule has 0 aliphatic carbocycles. The van der Waals surface area contributed by atoms with Crippen LogP contribution in [0.2, 0.25) is 0 Å². The quantitative estimate of drug-likeness (QED) is 0.332. The van der Waals surface area contributed by atoms with Gasteiger partial charge in [0.25, 0.3) is 0 Å². The summed E-state index contributed by atoms with van der Waals surface area (Å²) in [5.41, 5.74) is 0. The van der Waals surface area contributed by atoms with Crippen molar-refractivity contribution in [2.45, 2.75) is 52.4 Å². The van der Waals surface area contributed by atoms with Crippen molar-refractivity contribution in [2.75, 3.05) is 6.54 Å². The molecule has 1 atom stereocenters. The van der Waals surface area contributed by atoms with Gasteiger partial charge in [0, 0.05) is 11.3 Å². The molecule has 0 rings (SSSR count). The van der Waals surface area contributed by atoms with Gasteiger partial charge in [-0.3, -0.25) is 10.1 Å². The molecule has 0 saturated heterocycles. The largest absolute Gasteiger partial charge is 0.265 e. The van der Waals surface area contributed by atoms with E-state index in [2.05, 4.69) is 13.8 Å². The van der Waals surface area contributed by atoms with Gasteiger partial charge < -0.3 is 0 Å². The predicted molar refractivity (Wildman–Crippen MR) is 54.4 cm³/mol. The Labute approximate surface area is 80.7 Å². The molecule has 0 fully saturated rings. The van der Waals surface area contributed by atoms with E-state index in [4.69, 9.17) is 0 Å². The molecule has 0 aliphatic heterocycles. The summed E-state index contributed by atoms with van der Waals surface area (Å²) in [5, 5.41) is 10.1. The van der Waals surface area contributed by atoms with Gasteiger partial charge in [0.1, 0.15) is 0 Å². The van der Waals surface area contributed by atoms with Gasteiger partial charge in [-0.05, 0) is 5.92 Å². The molecule has 13 heavy (non-hydrogen) atoms. The topological polar surface area (TPSA) is 43.1 Å². The molecule has 0 heterocycles. The number of unbranched alkanes of at least 4 members (excludes halogenated alkanes) is 3. The first kappa shape index (κ1) is 12.4. The molecule has 0 spiro atoms. The van der Waals surface area contributed by atoms with E-state index in [-0.39, 0.29) is 11.5 Å².